The normalized spacial score (nSPS) is 14.9. The van der Waals surface area contributed by atoms with Crippen molar-refractivity contribution in [2.75, 3.05) is 26.2 Å². The summed E-state index contributed by atoms with van der Waals surface area (Å²) in [6.07, 6.45) is -9.48. The Hall–Kier alpha value is -0.610. The molecule has 3 nitrogen and oxygen atoms in total. The van der Waals surface area contributed by atoms with Gasteiger partial charge in [-0.1, -0.05) is 12.2 Å². The van der Waals surface area contributed by atoms with Crippen LogP contribution in [0.15, 0.2) is 0 Å². The van der Waals surface area contributed by atoms with Gasteiger partial charge in [0, 0.05) is 13.1 Å². The van der Waals surface area contributed by atoms with Crippen LogP contribution in [0.25, 0.3) is 0 Å². The largest absolute Gasteiger partial charge is 0.401 e. The summed E-state index contributed by atoms with van der Waals surface area (Å²) in [5.41, 5.74) is 4.87. The van der Waals surface area contributed by atoms with Crippen molar-refractivity contribution in [3.8, 4) is 0 Å². The van der Waals surface area contributed by atoms with Crippen LogP contribution in [0.4, 0.5) is 26.3 Å². The van der Waals surface area contributed by atoms with Gasteiger partial charge in [0.1, 0.15) is 5.92 Å². The van der Waals surface area contributed by atoms with Crippen molar-refractivity contribution in [2.45, 2.75) is 12.4 Å². The lowest BCUT2D eigenvalue weighted by molar-refractivity contribution is -0.174. The molecule has 0 aromatic heterocycles. The molecular weight excluding hydrogens is 286 g/mol. The molecule has 18 heavy (non-hydrogen) atoms. The summed E-state index contributed by atoms with van der Waals surface area (Å²) < 4.78 is 73.7. The van der Waals surface area contributed by atoms with E-state index in [1.165, 1.54) is 0 Å². The van der Waals surface area contributed by atoms with Crippen LogP contribution in [-0.2, 0) is 0 Å². The van der Waals surface area contributed by atoms with Crippen LogP contribution in [0.2, 0.25) is 0 Å². The molecule has 0 saturated carbocycles. The minimum Gasteiger partial charge on any atom is -0.395 e. The lowest BCUT2D eigenvalue weighted by Crippen LogP contribution is -2.46. The van der Waals surface area contributed by atoms with E-state index in [2.05, 4.69) is 12.2 Å². The van der Waals surface area contributed by atoms with E-state index in [4.69, 9.17) is 10.8 Å². The molecule has 0 aromatic carbocycles. The fourth-order valence-electron chi connectivity index (χ4n) is 1.24. The molecule has 108 valence electrons. The van der Waals surface area contributed by atoms with Crippen molar-refractivity contribution in [1.29, 1.82) is 0 Å². The molecular formula is C8H12F6N2OS. The van der Waals surface area contributed by atoms with Crippen LogP contribution in [0.5, 0.6) is 0 Å². The van der Waals surface area contributed by atoms with E-state index in [1.54, 1.807) is 0 Å². The standard InChI is InChI=1S/C8H12F6N2OS/c9-7(10,11)4-16(1-2-17)3-5(6(15)18)8(12,13)14/h5,17H,1-4H2,(H2,15,18). The van der Waals surface area contributed by atoms with Crippen LogP contribution in [-0.4, -0.2) is 53.6 Å². The Morgan fingerprint density at radius 1 is 1.22 bits per heavy atom. The first-order valence-electron chi connectivity index (χ1n) is 4.73. The first-order chi connectivity index (χ1) is 7.97. The predicted molar refractivity (Wildman–Crippen MR) is 55.9 cm³/mol. The molecule has 0 heterocycles. The number of hydrogen-bond acceptors (Lipinski definition) is 3. The minimum atomic E-state index is -4.81. The van der Waals surface area contributed by atoms with Gasteiger partial charge in [-0.25, -0.2) is 0 Å². The van der Waals surface area contributed by atoms with Crippen molar-refractivity contribution in [3.05, 3.63) is 0 Å². The number of rotatable bonds is 6. The van der Waals surface area contributed by atoms with E-state index in [0.717, 1.165) is 0 Å². The molecule has 1 unspecified atom stereocenters. The highest BCUT2D eigenvalue weighted by molar-refractivity contribution is 7.80. The highest BCUT2D eigenvalue weighted by atomic mass is 32.1. The van der Waals surface area contributed by atoms with Crippen LogP contribution in [0.1, 0.15) is 0 Å². The molecule has 0 spiro atoms. The molecule has 0 saturated heterocycles. The molecule has 0 aliphatic carbocycles. The maximum Gasteiger partial charge on any atom is 0.401 e. The third kappa shape index (κ3) is 6.97. The Labute approximate surface area is 105 Å². The number of hydrogen-bond donors (Lipinski definition) is 2. The topological polar surface area (TPSA) is 49.5 Å². The van der Waals surface area contributed by atoms with Crippen LogP contribution in [0.3, 0.4) is 0 Å². The number of aliphatic hydroxyl groups is 1. The van der Waals surface area contributed by atoms with Crippen molar-refractivity contribution in [3.63, 3.8) is 0 Å². The molecule has 3 N–H and O–H groups in total. The lowest BCUT2D eigenvalue weighted by Gasteiger charge is -2.28. The molecule has 0 aromatic rings. The molecule has 0 rings (SSSR count). The molecule has 0 fully saturated rings. The zero-order chi connectivity index (χ0) is 14.6. The molecule has 0 aliphatic rings. The van der Waals surface area contributed by atoms with E-state index < -0.39 is 49.5 Å². The monoisotopic (exact) mass is 298 g/mol. The summed E-state index contributed by atoms with van der Waals surface area (Å²) in [5, 5.41) is 8.53. The summed E-state index contributed by atoms with van der Waals surface area (Å²) in [4.78, 5) is -0.510. The maximum atomic E-state index is 12.5. The van der Waals surface area contributed by atoms with Crippen LogP contribution >= 0.6 is 12.2 Å². The van der Waals surface area contributed by atoms with Gasteiger partial charge >= 0.3 is 12.4 Å². The second-order valence-corrected chi connectivity index (χ2v) is 4.04. The Kier molecular flexibility index (Phi) is 6.30. The number of halogens is 6. The van der Waals surface area contributed by atoms with E-state index in [0.29, 0.717) is 4.90 Å². The fraction of sp³-hybridized carbons (Fsp3) is 0.875. The number of aliphatic hydroxyl groups excluding tert-OH is 1. The third-order valence-electron chi connectivity index (χ3n) is 2.00. The lowest BCUT2D eigenvalue weighted by atomic mass is 10.1. The van der Waals surface area contributed by atoms with Gasteiger partial charge in [-0.2, -0.15) is 26.3 Å². The van der Waals surface area contributed by atoms with Crippen molar-refractivity contribution in [2.24, 2.45) is 11.7 Å². The smallest absolute Gasteiger partial charge is 0.395 e. The van der Waals surface area contributed by atoms with E-state index in [1.807, 2.05) is 0 Å². The highest BCUT2D eigenvalue weighted by Crippen LogP contribution is 2.28. The summed E-state index contributed by atoms with van der Waals surface area (Å²) in [7, 11) is 0. The summed E-state index contributed by atoms with van der Waals surface area (Å²) >= 11 is 4.20. The second-order valence-electron chi connectivity index (χ2n) is 3.57. The van der Waals surface area contributed by atoms with Gasteiger partial charge in [0.2, 0.25) is 0 Å². The molecule has 0 amide bonds. The Morgan fingerprint density at radius 3 is 2.00 bits per heavy atom. The minimum absolute atomic E-state index is 0.414. The Balaban J connectivity index is 4.77. The Bertz CT molecular complexity index is 280. The molecule has 0 bridgehead atoms. The third-order valence-corrected chi connectivity index (χ3v) is 2.28. The van der Waals surface area contributed by atoms with Gasteiger partial charge in [-0.3, -0.25) is 4.90 Å². The van der Waals surface area contributed by atoms with Gasteiger partial charge in [-0.05, 0) is 0 Å². The van der Waals surface area contributed by atoms with Crippen LogP contribution < -0.4 is 5.73 Å². The second kappa shape index (κ2) is 6.53. The Morgan fingerprint density at radius 2 is 1.72 bits per heavy atom. The van der Waals surface area contributed by atoms with Gasteiger partial charge in [0.05, 0.1) is 18.1 Å². The van der Waals surface area contributed by atoms with E-state index in [9.17, 15) is 26.3 Å². The van der Waals surface area contributed by atoms with Gasteiger partial charge in [0.15, 0.2) is 0 Å². The molecule has 0 aliphatic heterocycles. The number of nitrogens with zero attached hydrogens (tertiary/aromatic N) is 1. The quantitative estimate of drug-likeness (QED) is 0.573. The zero-order valence-corrected chi connectivity index (χ0v) is 9.87. The number of nitrogens with two attached hydrogens (primary N) is 1. The van der Waals surface area contributed by atoms with E-state index in [-0.39, 0.29) is 0 Å². The van der Waals surface area contributed by atoms with Crippen molar-refractivity contribution < 1.29 is 31.4 Å². The SMILES string of the molecule is NC(=S)C(CN(CCO)CC(F)(F)F)C(F)(F)F. The summed E-state index contributed by atoms with van der Waals surface area (Å²) in [5.74, 6) is -2.33. The van der Waals surface area contributed by atoms with E-state index >= 15 is 0 Å². The highest BCUT2D eigenvalue weighted by Gasteiger charge is 2.43. The average molecular weight is 298 g/mol. The zero-order valence-electron chi connectivity index (χ0n) is 9.05. The van der Waals surface area contributed by atoms with Crippen LogP contribution in [0, 0.1) is 5.92 Å². The molecule has 10 heteroatoms. The number of thiocarbonyl (C=S) groups is 1. The first-order valence-corrected chi connectivity index (χ1v) is 5.14. The molecule has 1 atom stereocenters. The summed E-state index contributed by atoms with van der Waals surface area (Å²) in [6, 6.07) is 0. The van der Waals surface area contributed by atoms with Gasteiger partial charge in [-0.15, -0.1) is 0 Å². The maximum absolute atomic E-state index is 12.5. The summed E-state index contributed by atoms with van der Waals surface area (Å²) in [6.45, 7) is -3.84. The van der Waals surface area contributed by atoms with Gasteiger partial charge < -0.3 is 10.8 Å². The number of alkyl halides is 6. The van der Waals surface area contributed by atoms with Gasteiger partial charge in [0.25, 0.3) is 0 Å². The predicted octanol–water partition coefficient (Wildman–Crippen LogP) is 1.31. The average Bonchev–Trinajstić information content (AvgIpc) is 2.09. The van der Waals surface area contributed by atoms with Crippen molar-refractivity contribution >= 4 is 17.2 Å². The first kappa shape index (κ1) is 17.4. The van der Waals surface area contributed by atoms with Crippen molar-refractivity contribution in [1.82, 2.24) is 4.90 Å². The molecule has 0 radical (unpaired) electrons. The fourth-order valence-corrected chi connectivity index (χ4v) is 1.45.